The van der Waals surface area contributed by atoms with E-state index in [0.717, 1.165) is 23.1 Å². The van der Waals surface area contributed by atoms with Gasteiger partial charge in [0, 0.05) is 0 Å². The van der Waals surface area contributed by atoms with Gasteiger partial charge in [0.05, 0.1) is 22.4 Å². The van der Waals surface area contributed by atoms with E-state index in [0.29, 0.717) is 17.4 Å². The predicted molar refractivity (Wildman–Crippen MR) is 97.2 cm³/mol. The van der Waals surface area contributed by atoms with Crippen LogP contribution in [0.5, 0.6) is 0 Å². The summed E-state index contributed by atoms with van der Waals surface area (Å²) in [5.74, 6) is 4.62. The minimum atomic E-state index is 0.265. The van der Waals surface area contributed by atoms with Crippen LogP contribution in [0.3, 0.4) is 0 Å². The summed E-state index contributed by atoms with van der Waals surface area (Å²) in [4.78, 5) is 8.79. The van der Waals surface area contributed by atoms with Crippen molar-refractivity contribution >= 4 is 23.5 Å². The summed E-state index contributed by atoms with van der Waals surface area (Å²) in [6.07, 6.45) is 1.74. The van der Waals surface area contributed by atoms with Gasteiger partial charge in [-0.2, -0.15) is 21.8 Å². The first-order valence-electron chi connectivity index (χ1n) is 7.74. The molecule has 2 aromatic heterocycles. The van der Waals surface area contributed by atoms with Crippen LogP contribution in [0.4, 0.5) is 0 Å². The van der Waals surface area contributed by atoms with E-state index in [1.807, 2.05) is 30.3 Å². The molecule has 6 nitrogen and oxygen atoms in total. The van der Waals surface area contributed by atoms with Crippen molar-refractivity contribution in [1.82, 2.24) is 24.9 Å². The van der Waals surface area contributed by atoms with Gasteiger partial charge in [0.2, 0.25) is 5.89 Å². The Kier molecular flexibility index (Phi) is 5.92. The highest BCUT2D eigenvalue weighted by Crippen LogP contribution is 2.26. The number of thioether (sulfide) groups is 2. The Balaban J connectivity index is 1.51. The molecule has 3 rings (SSSR count). The van der Waals surface area contributed by atoms with Crippen LogP contribution in [0.15, 0.2) is 41.2 Å². The monoisotopic (exact) mass is 361 g/mol. The molecule has 0 N–H and O–H groups in total. The third-order valence-corrected chi connectivity index (χ3v) is 5.24. The number of benzene rings is 1. The maximum atomic E-state index is 5.30. The van der Waals surface area contributed by atoms with Crippen molar-refractivity contribution in [3.05, 3.63) is 54.2 Å². The number of hydrogen-bond donors (Lipinski definition) is 0. The van der Waals surface area contributed by atoms with Crippen LogP contribution in [-0.2, 0) is 11.5 Å². The molecule has 0 amide bonds. The molecule has 0 aliphatic carbocycles. The Labute approximate surface area is 149 Å². The van der Waals surface area contributed by atoms with Gasteiger partial charge in [-0.1, -0.05) is 30.3 Å². The zero-order valence-corrected chi connectivity index (χ0v) is 15.3. The second-order valence-electron chi connectivity index (χ2n) is 5.08. The predicted octanol–water partition coefficient (Wildman–Crippen LogP) is 3.90. The van der Waals surface area contributed by atoms with E-state index in [4.69, 9.17) is 4.52 Å². The molecule has 126 valence electrons. The van der Waals surface area contributed by atoms with Crippen LogP contribution < -0.4 is 0 Å². The summed E-state index contributed by atoms with van der Waals surface area (Å²) in [5.41, 5.74) is 1.00. The molecule has 1 unspecified atom stereocenters. The van der Waals surface area contributed by atoms with E-state index in [9.17, 15) is 0 Å². The number of hydrogen-bond acceptors (Lipinski definition) is 7. The van der Waals surface area contributed by atoms with E-state index in [1.54, 1.807) is 34.5 Å². The van der Waals surface area contributed by atoms with E-state index in [2.05, 4.69) is 34.1 Å². The molecule has 24 heavy (non-hydrogen) atoms. The van der Waals surface area contributed by atoms with Gasteiger partial charge >= 0.3 is 0 Å². The third-order valence-electron chi connectivity index (χ3n) is 3.28. The maximum absolute atomic E-state index is 5.30. The van der Waals surface area contributed by atoms with Crippen molar-refractivity contribution in [3.8, 4) is 5.69 Å². The summed E-state index contributed by atoms with van der Waals surface area (Å²) in [6, 6.07) is 9.95. The van der Waals surface area contributed by atoms with Gasteiger partial charge in [-0.3, -0.25) is 0 Å². The van der Waals surface area contributed by atoms with Crippen molar-refractivity contribution < 1.29 is 4.52 Å². The molecule has 0 bridgehead atoms. The molecule has 3 aromatic rings. The molecule has 0 saturated heterocycles. The molecule has 2 heterocycles. The summed E-state index contributed by atoms with van der Waals surface area (Å²) in [6.45, 7) is 4.22. The number of rotatable bonds is 8. The van der Waals surface area contributed by atoms with Gasteiger partial charge in [0.25, 0.3) is 0 Å². The highest BCUT2D eigenvalue weighted by Gasteiger charge is 2.13. The molecular weight excluding hydrogens is 342 g/mol. The highest BCUT2D eigenvalue weighted by atomic mass is 32.2. The SMILES string of the molecule is CCSC(C)c1noc(CSCc2ncn(-c3ccccc3)n2)n1. The Morgan fingerprint density at radius 1 is 1.21 bits per heavy atom. The standard InChI is InChI=1S/C16H19N5OS2/c1-3-24-12(2)16-18-15(22-20-16)10-23-9-14-17-11-21(19-14)13-7-5-4-6-8-13/h4-8,11-12H,3,9-10H2,1-2H3. The molecule has 1 aromatic carbocycles. The fraction of sp³-hybridized carbons (Fsp3) is 0.375. The lowest BCUT2D eigenvalue weighted by atomic mass is 10.3. The van der Waals surface area contributed by atoms with E-state index in [1.165, 1.54) is 0 Å². The topological polar surface area (TPSA) is 69.6 Å². The molecule has 0 spiro atoms. The normalized spacial score (nSPS) is 12.4. The van der Waals surface area contributed by atoms with Crippen LogP contribution >= 0.6 is 23.5 Å². The van der Waals surface area contributed by atoms with Gasteiger partial charge in [-0.25, -0.2) is 9.67 Å². The van der Waals surface area contributed by atoms with Gasteiger partial charge in [-0.15, -0.1) is 11.8 Å². The first-order valence-corrected chi connectivity index (χ1v) is 9.94. The third kappa shape index (κ3) is 4.39. The van der Waals surface area contributed by atoms with Crippen LogP contribution in [0.1, 0.15) is 36.6 Å². The van der Waals surface area contributed by atoms with Gasteiger partial charge in [-0.05, 0) is 24.8 Å². The van der Waals surface area contributed by atoms with E-state index in [-0.39, 0.29) is 5.25 Å². The van der Waals surface area contributed by atoms with Crippen molar-refractivity contribution in [2.75, 3.05) is 5.75 Å². The smallest absolute Gasteiger partial charge is 0.236 e. The lowest BCUT2D eigenvalue weighted by molar-refractivity contribution is 0.385. The maximum Gasteiger partial charge on any atom is 0.236 e. The Bertz CT molecular complexity index is 759. The van der Waals surface area contributed by atoms with E-state index < -0.39 is 0 Å². The Hall–Kier alpha value is -1.80. The molecule has 0 aliphatic heterocycles. The van der Waals surface area contributed by atoms with Crippen molar-refractivity contribution in [1.29, 1.82) is 0 Å². The molecule has 0 saturated carbocycles. The summed E-state index contributed by atoms with van der Waals surface area (Å²) < 4.78 is 7.09. The Morgan fingerprint density at radius 2 is 2.04 bits per heavy atom. The van der Waals surface area contributed by atoms with Gasteiger partial charge < -0.3 is 4.52 Å². The van der Waals surface area contributed by atoms with Crippen molar-refractivity contribution in [2.24, 2.45) is 0 Å². The van der Waals surface area contributed by atoms with Crippen LogP contribution in [0.25, 0.3) is 5.69 Å². The zero-order chi connectivity index (χ0) is 16.8. The summed E-state index contributed by atoms with van der Waals surface area (Å²) in [7, 11) is 0. The second kappa shape index (κ2) is 8.34. The molecule has 0 aliphatic rings. The summed E-state index contributed by atoms with van der Waals surface area (Å²) in [5, 5.41) is 8.80. The van der Waals surface area contributed by atoms with Crippen molar-refractivity contribution in [2.45, 2.75) is 30.6 Å². The number of para-hydroxylation sites is 1. The average Bonchev–Trinajstić information content (AvgIpc) is 3.26. The molecule has 8 heteroatoms. The molecular formula is C16H19N5OS2. The van der Waals surface area contributed by atoms with Crippen LogP contribution in [-0.4, -0.2) is 30.7 Å². The fourth-order valence-electron chi connectivity index (χ4n) is 2.11. The van der Waals surface area contributed by atoms with Gasteiger partial charge in [0.1, 0.15) is 6.33 Å². The first kappa shape index (κ1) is 17.0. The van der Waals surface area contributed by atoms with Gasteiger partial charge in [0.15, 0.2) is 11.6 Å². The lowest BCUT2D eigenvalue weighted by Crippen LogP contribution is -1.95. The lowest BCUT2D eigenvalue weighted by Gasteiger charge is -2.01. The number of aromatic nitrogens is 5. The second-order valence-corrected chi connectivity index (χ2v) is 7.68. The van der Waals surface area contributed by atoms with Crippen LogP contribution in [0, 0.1) is 0 Å². The minimum absolute atomic E-state index is 0.265. The van der Waals surface area contributed by atoms with E-state index >= 15 is 0 Å². The van der Waals surface area contributed by atoms with Crippen LogP contribution in [0.2, 0.25) is 0 Å². The molecule has 0 fully saturated rings. The summed E-state index contributed by atoms with van der Waals surface area (Å²) >= 11 is 3.47. The zero-order valence-electron chi connectivity index (χ0n) is 13.6. The number of nitrogens with zero attached hydrogens (tertiary/aromatic N) is 5. The largest absolute Gasteiger partial charge is 0.338 e. The quantitative estimate of drug-likeness (QED) is 0.602. The Morgan fingerprint density at radius 3 is 2.83 bits per heavy atom. The fourth-order valence-corrected chi connectivity index (χ4v) is 3.57. The molecule has 1 atom stereocenters. The molecule has 0 radical (unpaired) electrons. The minimum Gasteiger partial charge on any atom is -0.338 e. The van der Waals surface area contributed by atoms with Crippen molar-refractivity contribution in [3.63, 3.8) is 0 Å². The highest BCUT2D eigenvalue weighted by molar-refractivity contribution is 7.99. The first-order chi connectivity index (χ1) is 11.8. The average molecular weight is 361 g/mol.